The molecule has 23 heavy (non-hydrogen) atoms. The van der Waals surface area contributed by atoms with E-state index in [2.05, 4.69) is 11.9 Å². The summed E-state index contributed by atoms with van der Waals surface area (Å²) in [5.74, 6) is 2.07. The lowest BCUT2D eigenvalue weighted by atomic mass is 10.2. The highest BCUT2D eigenvalue weighted by atomic mass is 32.2. The molecule has 0 saturated carbocycles. The van der Waals surface area contributed by atoms with E-state index in [9.17, 15) is 9.00 Å². The van der Waals surface area contributed by atoms with Gasteiger partial charge in [0.2, 0.25) is 5.91 Å². The molecule has 0 aromatic heterocycles. The van der Waals surface area contributed by atoms with E-state index in [4.69, 9.17) is 9.47 Å². The van der Waals surface area contributed by atoms with Crippen molar-refractivity contribution < 1.29 is 18.5 Å². The molecule has 0 bridgehead atoms. The topological polar surface area (TPSA) is 64.6 Å². The van der Waals surface area contributed by atoms with E-state index in [1.165, 1.54) is 6.08 Å². The number of hydrogen-bond donors (Lipinski definition) is 1. The van der Waals surface area contributed by atoms with Crippen LogP contribution in [0.3, 0.4) is 0 Å². The summed E-state index contributed by atoms with van der Waals surface area (Å²) in [5.41, 5.74) is 0.820. The van der Waals surface area contributed by atoms with Crippen LogP contribution >= 0.6 is 0 Å². The fourth-order valence-electron chi connectivity index (χ4n) is 1.72. The van der Waals surface area contributed by atoms with Crippen LogP contribution < -0.4 is 14.8 Å². The van der Waals surface area contributed by atoms with Crippen LogP contribution in [-0.2, 0) is 15.6 Å². The zero-order chi connectivity index (χ0) is 17.1. The summed E-state index contributed by atoms with van der Waals surface area (Å²) in [6, 6.07) is 5.40. The van der Waals surface area contributed by atoms with Gasteiger partial charge in [-0.25, -0.2) is 0 Å². The summed E-state index contributed by atoms with van der Waals surface area (Å²) >= 11 is 0. The Bertz CT molecular complexity index is 584. The average molecular weight is 337 g/mol. The SMILES string of the molecule is C=CCOc1ccc(/C=C\C(=O)NCC[S@](=O)CC)cc1OC. The molecule has 0 aliphatic heterocycles. The van der Waals surface area contributed by atoms with Gasteiger partial charge in [0.25, 0.3) is 0 Å². The number of ether oxygens (including phenoxy) is 2. The molecule has 0 spiro atoms. The summed E-state index contributed by atoms with van der Waals surface area (Å²) in [6.07, 6.45) is 4.78. The number of hydrogen-bond acceptors (Lipinski definition) is 4. The molecule has 1 amide bonds. The maximum atomic E-state index is 11.7. The first-order valence-corrected chi connectivity index (χ1v) is 8.82. The second-order valence-corrected chi connectivity index (χ2v) is 6.43. The van der Waals surface area contributed by atoms with Crippen LogP contribution in [0.1, 0.15) is 12.5 Å². The number of methoxy groups -OCH3 is 1. The molecule has 0 heterocycles. The molecule has 0 saturated heterocycles. The minimum Gasteiger partial charge on any atom is -0.493 e. The van der Waals surface area contributed by atoms with Gasteiger partial charge in [0.1, 0.15) is 6.61 Å². The third kappa shape index (κ3) is 7.15. The molecule has 0 aliphatic carbocycles. The van der Waals surface area contributed by atoms with Crippen molar-refractivity contribution in [3.8, 4) is 11.5 Å². The average Bonchev–Trinajstić information content (AvgIpc) is 2.58. The Morgan fingerprint density at radius 2 is 2.17 bits per heavy atom. The first kappa shape index (κ1) is 19.0. The minimum absolute atomic E-state index is 0.218. The second-order valence-electron chi connectivity index (χ2n) is 4.57. The molecule has 126 valence electrons. The Hall–Kier alpha value is -2.08. The van der Waals surface area contributed by atoms with E-state index in [1.54, 1.807) is 31.4 Å². The molecular weight excluding hydrogens is 314 g/mol. The first-order chi connectivity index (χ1) is 11.1. The van der Waals surface area contributed by atoms with Crippen LogP contribution in [0.5, 0.6) is 11.5 Å². The lowest BCUT2D eigenvalue weighted by molar-refractivity contribution is -0.116. The van der Waals surface area contributed by atoms with E-state index in [-0.39, 0.29) is 5.91 Å². The highest BCUT2D eigenvalue weighted by Gasteiger charge is 2.04. The van der Waals surface area contributed by atoms with E-state index in [0.717, 1.165) is 5.56 Å². The van der Waals surface area contributed by atoms with Crippen LogP contribution in [0.25, 0.3) is 6.08 Å². The quantitative estimate of drug-likeness (QED) is 0.525. The highest BCUT2D eigenvalue weighted by Crippen LogP contribution is 2.28. The number of carbonyl (C=O) groups is 1. The molecule has 1 rings (SSSR count). The number of carbonyl (C=O) groups excluding carboxylic acids is 1. The second kappa shape index (κ2) is 10.6. The molecule has 0 aliphatic rings. The van der Waals surface area contributed by atoms with Crippen LogP contribution in [-0.4, -0.2) is 41.9 Å². The Labute approximate surface area is 139 Å². The van der Waals surface area contributed by atoms with Crippen molar-refractivity contribution in [1.82, 2.24) is 5.32 Å². The number of benzene rings is 1. The molecule has 1 N–H and O–H groups in total. The molecule has 6 heteroatoms. The Morgan fingerprint density at radius 3 is 2.83 bits per heavy atom. The Morgan fingerprint density at radius 1 is 1.39 bits per heavy atom. The number of rotatable bonds is 10. The van der Waals surface area contributed by atoms with Gasteiger partial charge in [0.05, 0.1) is 7.11 Å². The Kier molecular flexibility index (Phi) is 8.75. The van der Waals surface area contributed by atoms with Crippen molar-refractivity contribution in [3.05, 3.63) is 42.5 Å². The van der Waals surface area contributed by atoms with Crippen molar-refractivity contribution >= 4 is 22.8 Å². The van der Waals surface area contributed by atoms with Crippen LogP contribution in [0.2, 0.25) is 0 Å². The van der Waals surface area contributed by atoms with Crippen molar-refractivity contribution in [1.29, 1.82) is 0 Å². The predicted molar refractivity (Wildman–Crippen MR) is 94.3 cm³/mol. The van der Waals surface area contributed by atoms with Gasteiger partial charge in [0, 0.05) is 34.9 Å². The van der Waals surface area contributed by atoms with Gasteiger partial charge in [-0.1, -0.05) is 25.6 Å². The summed E-state index contributed by atoms with van der Waals surface area (Å²) in [6.45, 7) is 6.25. The molecule has 0 fully saturated rings. The van der Waals surface area contributed by atoms with Crippen molar-refractivity contribution in [3.63, 3.8) is 0 Å². The van der Waals surface area contributed by atoms with Gasteiger partial charge in [-0.05, 0) is 23.8 Å². The van der Waals surface area contributed by atoms with Gasteiger partial charge in [0.15, 0.2) is 11.5 Å². The van der Waals surface area contributed by atoms with E-state index >= 15 is 0 Å². The van der Waals surface area contributed by atoms with Gasteiger partial charge < -0.3 is 14.8 Å². The fourth-order valence-corrected chi connectivity index (χ4v) is 2.34. The number of amides is 1. The standard InChI is InChI=1S/C17H23NO4S/c1-4-11-22-15-8-6-14(13-16(15)21-3)7-9-17(19)18-10-12-23(20)5-2/h4,6-9,13H,1,5,10-12H2,2-3H3,(H,18,19)/b9-7-/t23-/m1/s1. The predicted octanol–water partition coefficient (Wildman–Crippen LogP) is 2.16. The van der Waals surface area contributed by atoms with Crippen LogP contribution in [0.15, 0.2) is 36.9 Å². The van der Waals surface area contributed by atoms with Gasteiger partial charge >= 0.3 is 0 Å². The number of nitrogens with one attached hydrogen (secondary N) is 1. The summed E-state index contributed by atoms with van der Waals surface area (Å²) < 4.78 is 22.0. The largest absolute Gasteiger partial charge is 0.493 e. The van der Waals surface area contributed by atoms with Crippen LogP contribution in [0, 0.1) is 0 Å². The van der Waals surface area contributed by atoms with E-state index in [0.29, 0.717) is 36.2 Å². The highest BCUT2D eigenvalue weighted by molar-refractivity contribution is 7.84. The third-order valence-electron chi connectivity index (χ3n) is 2.92. The molecule has 1 aromatic rings. The third-order valence-corrected chi connectivity index (χ3v) is 4.23. The lowest BCUT2D eigenvalue weighted by Crippen LogP contribution is -2.26. The molecular formula is C17H23NO4S. The molecule has 1 atom stereocenters. The van der Waals surface area contributed by atoms with E-state index < -0.39 is 10.8 Å². The fraction of sp³-hybridized carbons (Fsp3) is 0.353. The van der Waals surface area contributed by atoms with Crippen molar-refractivity contribution in [2.45, 2.75) is 6.92 Å². The van der Waals surface area contributed by atoms with Gasteiger partial charge in [-0.15, -0.1) is 0 Å². The summed E-state index contributed by atoms with van der Waals surface area (Å²) in [7, 11) is 0.690. The zero-order valence-corrected chi connectivity index (χ0v) is 14.4. The van der Waals surface area contributed by atoms with Gasteiger partial charge in [-0.3, -0.25) is 9.00 Å². The normalized spacial score (nSPS) is 11.9. The summed E-state index contributed by atoms with van der Waals surface area (Å²) in [5, 5.41) is 2.70. The zero-order valence-electron chi connectivity index (χ0n) is 13.5. The van der Waals surface area contributed by atoms with Crippen molar-refractivity contribution in [2.75, 3.05) is 31.8 Å². The molecule has 0 radical (unpaired) electrons. The maximum Gasteiger partial charge on any atom is 0.244 e. The molecule has 5 nitrogen and oxygen atoms in total. The molecule has 0 unspecified atom stereocenters. The monoisotopic (exact) mass is 337 g/mol. The van der Waals surface area contributed by atoms with E-state index in [1.807, 2.05) is 13.0 Å². The minimum atomic E-state index is -0.870. The Balaban J connectivity index is 2.60. The van der Waals surface area contributed by atoms with Crippen molar-refractivity contribution in [2.24, 2.45) is 0 Å². The van der Waals surface area contributed by atoms with Gasteiger partial charge in [-0.2, -0.15) is 0 Å². The van der Waals surface area contributed by atoms with Crippen LogP contribution in [0.4, 0.5) is 0 Å². The maximum absolute atomic E-state index is 11.7. The first-order valence-electron chi connectivity index (χ1n) is 7.33. The summed E-state index contributed by atoms with van der Waals surface area (Å²) in [4.78, 5) is 11.7. The smallest absolute Gasteiger partial charge is 0.244 e. The lowest BCUT2D eigenvalue weighted by Gasteiger charge is -2.09. The molecule has 1 aromatic carbocycles.